The zero-order valence-corrected chi connectivity index (χ0v) is 16.0. The van der Waals surface area contributed by atoms with Crippen LogP contribution in [0, 0.1) is 0 Å². The lowest BCUT2D eigenvalue weighted by Gasteiger charge is -2.22. The molecule has 0 saturated heterocycles. The monoisotopic (exact) mass is 376 g/mol. The second-order valence-corrected chi connectivity index (χ2v) is 7.82. The van der Waals surface area contributed by atoms with Crippen molar-refractivity contribution in [2.75, 3.05) is 24.2 Å². The third kappa shape index (κ3) is 5.49. The number of benzene rings is 2. The molecular formula is C19H24N2O4S. The highest BCUT2D eigenvalue weighted by Crippen LogP contribution is 2.18. The molecule has 2 aromatic rings. The van der Waals surface area contributed by atoms with Crippen LogP contribution in [0.3, 0.4) is 0 Å². The fraction of sp³-hybridized carbons (Fsp3) is 0.316. The number of aryl methyl sites for hydroxylation is 1. The van der Waals surface area contributed by atoms with Crippen LogP contribution < -0.4 is 14.4 Å². The third-order valence-corrected chi connectivity index (χ3v) is 5.11. The molecule has 0 aromatic heterocycles. The van der Waals surface area contributed by atoms with Gasteiger partial charge in [0.1, 0.15) is 12.3 Å². The number of hydrogen-bond donors (Lipinski definition) is 1. The highest BCUT2D eigenvalue weighted by Gasteiger charge is 2.20. The van der Waals surface area contributed by atoms with Gasteiger partial charge in [0.15, 0.2) is 0 Å². The van der Waals surface area contributed by atoms with Crippen molar-refractivity contribution in [3.8, 4) is 5.75 Å². The molecule has 0 radical (unpaired) electrons. The van der Waals surface area contributed by atoms with Gasteiger partial charge in [-0.05, 0) is 41.8 Å². The topological polar surface area (TPSA) is 75.7 Å². The first kappa shape index (κ1) is 19.8. The first-order valence-electron chi connectivity index (χ1n) is 8.29. The van der Waals surface area contributed by atoms with Gasteiger partial charge in [0.25, 0.3) is 0 Å². The maximum Gasteiger partial charge on any atom is 0.241 e. The Labute approximate surface area is 154 Å². The summed E-state index contributed by atoms with van der Waals surface area (Å²) in [7, 11) is -1.98. The number of carbonyl (C=O) groups excluding carboxylic acids is 1. The fourth-order valence-electron chi connectivity index (χ4n) is 2.43. The minimum absolute atomic E-state index is 0.263. The van der Waals surface area contributed by atoms with E-state index in [4.69, 9.17) is 4.74 Å². The Bertz CT molecular complexity index is 831. The molecule has 1 amide bonds. The normalized spacial score (nSPS) is 11.0. The van der Waals surface area contributed by atoms with Crippen LogP contribution in [-0.2, 0) is 27.8 Å². The molecule has 6 nitrogen and oxygen atoms in total. The van der Waals surface area contributed by atoms with Crippen LogP contribution >= 0.6 is 0 Å². The number of nitrogens with zero attached hydrogens (tertiary/aromatic N) is 1. The molecular weight excluding hydrogens is 352 g/mol. The number of carbonyl (C=O) groups is 1. The maximum absolute atomic E-state index is 12.3. The molecule has 0 aliphatic rings. The Kier molecular flexibility index (Phi) is 6.63. The van der Waals surface area contributed by atoms with E-state index >= 15 is 0 Å². The van der Waals surface area contributed by atoms with E-state index in [1.807, 2.05) is 31.2 Å². The van der Waals surface area contributed by atoms with Crippen molar-refractivity contribution >= 4 is 21.6 Å². The molecule has 0 unspecified atom stereocenters. The van der Waals surface area contributed by atoms with Gasteiger partial charge in [-0.2, -0.15) is 0 Å². The van der Waals surface area contributed by atoms with E-state index in [1.54, 1.807) is 31.4 Å². The SMILES string of the molecule is CCc1ccc(N(CC(=O)NCc2ccc(OC)cc2)S(C)(=O)=O)cc1. The molecule has 0 spiro atoms. The highest BCUT2D eigenvalue weighted by atomic mass is 32.2. The summed E-state index contributed by atoms with van der Waals surface area (Å²) < 4.78 is 30.4. The molecule has 26 heavy (non-hydrogen) atoms. The fourth-order valence-corrected chi connectivity index (χ4v) is 3.28. The Hall–Kier alpha value is -2.54. The zero-order chi connectivity index (χ0) is 19.2. The summed E-state index contributed by atoms with van der Waals surface area (Å²) in [6.45, 7) is 2.08. The number of nitrogens with one attached hydrogen (secondary N) is 1. The molecule has 1 N–H and O–H groups in total. The summed E-state index contributed by atoms with van der Waals surface area (Å²) in [4.78, 5) is 12.3. The van der Waals surface area contributed by atoms with Crippen molar-refractivity contribution in [2.24, 2.45) is 0 Å². The average molecular weight is 376 g/mol. The van der Waals surface area contributed by atoms with Crippen molar-refractivity contribution in [1.82, 2.24) is 5.32 Å². The van der Waals surface area contributed by atoms with Crippen LogP contribution in [0.4, 0.5) is 5.69 Å². The molecule has 2 rings (SSSR count). The average Bonchev–Trinajstić information content (AvgIpc) is 2.64. The standard InChI is InChI=1S/C19H24N2O4S/c1-4-15-5-9-17(10-6-15)21(26(3,23)24)14-19(22)20-13-16-7-11-18(25-2)12-8-16/h5-12H,4,13-14H2,1-3H3,(H,20,22). The van der Waals surface area contributed by atoms with Gasteiger partial charge in [-0.1, -0.05) is 31.2 Å². The number of ether oxygens (including phenoxy) is 1. The van der Waals surface area contributed by atoms with E-state index in [2.05, 4.69) is 5.32 Å². The lowest BCUT2D eigenvalue weighted by Crippen LogP contribution is -2.40. The van der Waals surface area contributed by atoms with E-state index in [-0.39, 0.29) is 12.5 Å². The predicted molar refractivity (Wildman–Crippen MR) is 103 cm³/mol. The van der Waals surface area contributed by atoms with Crippen molar-refractivity contribution in [1.29, 1.82) is 0 Å². The summed E-state index contributed by atoms with van der Waals surface area (Å²) in [5, 5.41) is 2.75. The Morgan fingerprint density at radius 1 is 1.04 bits per heavy atom. The predicted octanol–water partition coefficient (Wildman–Crippen LogP) is 2.34. The summed E-state index contributed by atoms with van der Waals surface area (Å²) >= 11 is 0. The minimum Gasteiger partial charge on any atom is -0.497 e. The molecule has 0 heterocycles. The number of amides is 1. The number of rotatable bonds is 8. The third-order valence-electron chi connectivity index (χ3n) is 3.97. The van der Waals surface area contributed by atoms with Crippen LogP contribution in [-0.4, -0.2) is 34.2 Å². The molecule has 0 saturated carbocycles. The largest absolute Gasteiger partial charge is 0.497 e. The molecule has 0 bridgehead atoms. The molecule has 0 aliphatic heterocycles. The van der Waals surface area contributed by atoms with Crippen LogP contribution in [0.1, 0.15) is 18.1 Å². The van der Waals surface area contributed by atoms with Gasteiger partial charge in [-0.25, -0.2) is 8.42 Å². The van der Waals surface area contributed by atoms with Gasteiger partial charge >= 0.3 is 0 Å². The van der Waals surface area contributed by atoms with Gasteiger partial charge in [0.2, 0.25) is 15.9 Å². The number of sulfonamides is 1. The molecule has 7 heteroatoms. The van der Waals surface area contributed by atoms with Crippen molar-refractivity contribution in [3.05, 3.63) is 59.7 Å². The maximum atomic E-state index is 12.3. The summed E-state index contributed by atoms with van der Waals surface area (Å²) in [5.74, 6) is 0.365. The highest BCUT2D eigenvalue weighted by molar-refractivity contribution is 7.92. The zero-order valence-electron chi connectivity index (χ0n) is 15.2. The Morgan fingerprint density at radius 3 is 2.12 bits per heavy atom. The van der Waals surface area contributed by atoms with E-state index in [1.165, 1.54) is 0 Å². The molecule has 0 aliphatic carbocycles. The van der Waals surface area contributed by atoms with Crippen molar-refractivity contribution in [3.63, 3.8) is 0 Å². The molecule has 0 atom stereocenters. The molecule has 0 fully saturated rings. The van der Waals surface area contributed by atoms with Crippen LogP contribution in [0.25, 0.3) is 0 Å². The second-order valence-electron chi connectivity index (χ2n) is 5.91. The lowest BCUT2D eigenvalue weighted by atomic mass is 10.1. The summed E-state index contributed by atoms with van der Waals surface area (Å²) in [6, 6.07) is 14.5. The minimum atomic E-state index is -3.57. The van der Waals surface area contributed by atoms with Crippen LogP contribution in [0.5, 0.6) is 5.75 Å². The van der Waals surface area contributed by atoms with Gasteiger partial charge in [-0.15, -0.1) is 0 Å². The summed E-state index contributed by atoms with van der Waals surface area (Å²) in [6.07, 6.45) is 1.96. The first-order chi connectivity index (χ1) is 12.3. The number of anilines is 1. The summed E-state index contributed by atoms with van der Waals surface area (Å²) in [5.41, 5.74) is 2.48. The van der Waals surface area contributed by atoms with Gasteiger partial charge in [0.05, 0.1) is 19.1 Å². The van der Waals surface area contributed by atoms with Crippen molar-refractivity contribution < 1.29 is 17.9 Å². The van der Waals surface area contributed by atoms with Crippen molar-refractivity contribution in [2.45, 2.75) is 19.9 Å². The molecule has 2 aromatic carbocycles. The van der Waals surface area contributed by atoms with E-state index in [0.717, 1.165) is 33.9 Å². The van der Waals surface area contributed by atoms with Crippen LogP contribution in [0.15, 0.2) is 48.5 Å². The molecule has 140 valence electrons. The number of methoxy groups -OCH3 is 1. The van der Waals surface area contributed by atoms with E-state index in [0.29, 0.717) is 12.2 Å². The Balaban J connectivity index is 2.03. The lowest BCUT2D eigenvalue weighted by molar-refractivity contribution is -0.119. The van der Waals surface area contributed by atoms with E-state index < -0.39 is 10.0 Å². The second kappa shape index (κ2) is 8.71. The number of hydrogen-bond acceptors (Lipinski definition) is 4. The Morgan fingerprint density at radius 2 is 1.62 bits per heavy atom. The van der Waals surface area contributed by atoms with E-state index in [9.17, 15) is 13.2 Å². The van der Waals surface area contributed by atoms with Gasteiger partial charge < -0.3 is 10.1 Å². The van der Waals surface area contributed by atoms with Crippen LogP contribution in [0.2, 0.25) is 0 Å². The smallest absolute Gasteiger partial charge is 0.241 e. The first-order valence-corrected chi connectivity index (χ1v) is 10.1. The quantitative estimate of drug-likeness (QED) is 0.767. The van der Waals surface area contributed by atoms with Gasteiger partial charge in [0, 0.05) is 6.54 Å². The van der Waals surface area contributed by atoms with Gasteiger partial charge in [-0.3, -0.25) is 9.10 Å².